The van der Waals surface area contributed by atoms with Crippen molar-refractivity contribution in [3.63, 3.8) is 0 Å². The Morgan fingerprint density at radius 3 is 2.25 bits per heavy atom. The van der Waals surface area contributed by atoms with E-state index in [-0.39, 0.29) is 5.91 Å². The first-order valence-corrected chi connectivity index (χ1v) is 6.24. The third-order valence-corrected chi connectivity index (χ3v) is 2.44. The van der Waals surface area contributed by atoms with Crippen LogP contribution in [0.15, 0.2) is 0 Å². The molecule has 0 N–H and O–H groups in total. The van der Waals surface area contributed by atoms with Crippen LogP contribution in [-0.2, 0) is 9.53 Å². The van der Waals surface area contributed by atoms with Crippen LogP contribution in [0.1, 0.15) is 40.5 Å². The molecule has 0 aliphatic heterocycles. The highest BCUT2D eigenvalue weighted by molar-refractivity contribution is 5.76. The van der Waals surface area contributed by atoms with E-state index in [0.717, 1.165) is 13.0 Å². The molecule has 3 heteroatoms. The highest BCUT2D eigenvalue weighted by atomic mass is 16.5. The maximum atomic E-state index is 12.0. The lowest BCUT2D eigenvalue weighted by Crippen LogP contribution is -2.36. The molecule has 0 aromatic heterocycles. The number of methoxy groups -OCH3 is 1. The summed E-state index contributed by atoms with van der Waals surface area (Å²) in [6, 6.07) is 0. The van der Waals surface area contributed by atoms with E-state index in [0.29, 0.717) is 31.4 Å². The minimum Gasteiger partial charge on any atom is -0.383 e. The summed E-state index contributed by atoms with van der Waals surface area (Å²) in [5.41, 5.74) is 0. The average Bonchev–Trinajstić information content (AvgIpc) is 2.20. The molecule has 3 nitrogen and oxygen atoms in total. The molecule has 0 fully saturated rings. The molecule has 0 aliphatic carbocycles. The van der Waals surface area contributed by atoms with E-state index in [1.807, 2.05) is 4.90 Å². The summed E-state index contributed by atoms with van der Waals surface area (Å²) >= 11 is 0. The quantitative estimate of drug-likeness (QED) is 0.640. The van der Waals surface area contributed by atoms with Gasteiger partial charge in [-0.2, -0.15) is 0 Å². The molecule has 0 atom stereocenters. The van der Waals surface area contributed by atoms with Crippen LogP contribution in [0, 0.1) is 11.8 Å². The summed E-state index contributed by atoms with van der Waals surface area (Å²) in [5.74, 6) is 1.37. The van der Waals surface area contributed by atoms with Crippen LogP contribution < -0.4 is 0 Å². The highest BCUT2D eigenvalue weighted by Crippen LogP contribution is 2.08. The van der Waals surface area contributed by atoms with Crippen LogP contribution in [-0.4, -0.2) is 37.6 Å². The Bertz CT molecular complexity index is 190. The standard InChI is InChI=1S/C13H27NO2/c1-11(2)6-7-13(15)14(8-9-16-5)10-12(3)4/h11-12H,6-10H2,1-5H3. The van der Waals surface area contributed by atoms with E-state index < -0.39 is 0 Å². The van der Waals surface area contributed by atoms with Gasteiger partial charge in [0.1, 0.15) is 0 Å². The molecule has 96 valence electrons. The number of carbonyl (C=O) groups is 1. The molecule has 16 heavy (non-hydrogen) atoms. The smallest absolute Gasteiger partial charge is 0.222 e. The van der Waals surface area contributed by atoms with E-state index in [1.54, 1.807) is 7.11 Å². The molecule has 0 spiro atoms. The molecule has 0 bridgehead atoms. The molecule has 0 saturated heterocycles. The van der Waals surface area contributed by atoms with Crippen molar-refractivity contribution in [3.8, 4) is 0 Å². The summed E-state index contributed by atoms with van der Waals surface area (Å²) < 4.78 is 5.04. The van der Waals surface area contributed by atoms with Crippen LogP contribution in [0.4, 0.5) is 0 Å². The third kappa shape index (κ3) is 7.69. The second-order valence-electron chi connectivity index (χ2n) is 5.16. The van der Waals surface area contributed by atoms with Crippen LogP contribution in [0.3, 0.4) is 0 Å². The minimum absolute atomic E-state index is 0.263. The minimum atomic E-state index is 0.263. The Labute approximate surface area is 100 Å². The molecule has 0 aromatic carbocycles. The fraction of sp³-hybridized carbons (Fsp3) is 0.923. The second-order valence-corrected chi connectivity index (χ2v) is 5.16. The number of ether oxygens (including phenoxy) is 1. The Morgan fingerprint density at radius 1 is 1.19 bits per heavy atom. The Hall–Kier alpha value is -0.570. The maximum absolute atomic E-state index is 12.0. The number of hydrogen-bond donors (Lipinski definition) is 0. The predicted octanol–water partition coefficient (Wildman–Crippen LogP) is 2.55. The lowest BCUT2D eigenvalue weighted by molar-refractivity contribution is -0.132. The van der Waals surface area contributed by atoms with Gasteiger partial charge in [0.2, 0.25) is 5.91 Å². The van der Waals surface area contributed by atoms with Gasteiger partial charge < -0.3 is 9.64 Å². The summed E-state index contributed by atoms with van der Waals surface area (Å²) in [7, 11) is 1.67. The summed E-state index contributed by atoms with van der Waals surface area (Å²) in [5, 5.41) is 0. The molecule has 0 aliphatic rings. The van der Waals surface area contributed by atoms with Gasteiger partial charge in [0.25, 0.3) is 0 Å². The fourth-order valence-corrected chi connectivity index (χ4v) is 1.53. The first-order valence-electron chi connectivity index (χ1n) is 6.24. The van der Waals surface area contributed by atoms with Gasteiger partial charge in [-0.25, -0.2) is 0 Å². The lowest BCUT2D eigenvalue weighted by atomic mass is 10.1. The Morgan fingerprint density at radius 2 is 1.81 bits per heavy atom. The molecular weight excluding hydrogens is 202 g/mol. The topological polar surface area (TPSA) is 29.5 Å². The molecule has 0 radical (unpaired) electrons. The van der Waals surface area contributed by atoms with Gasteiger partial charge >= 0.3 is 0 Å². The van der Waals surface area contributed by atoms with Crippen molar-refractivity contribution in [2.45, 2.75) is 40.5 Å². The molecule has 0 saturated carbocycles. The third-order valence-electron chi connectivity index (χ3n) is 2.44. The maximum Gasteiger partial charge on any atom is 0.222 e. The van der Waals surface area contributed by atoms with E-state index >= 15 is 0 Å². The number of hydrogen-bond acceptors (Lipinski definition) is 2. The van der Waals surface area contributed by atoms with Crippen molar-refractivity contribution in [2.75, 3.05) is 26.8 Å². The highest BCUT2D eigenvalue weighted by Gasteiger charge is 2.14. The first-order chi connectivity index (χ1) is 7.47. The Kier molecular flexibility index (Phi) is 8.26. The lowest BCUT2D eigenvalue weighted by Gasteiger charge is -2.24. The zero-order chi connectivity index (χ0) is 12.6. The van der Waals surface area contributed by atoms with E-state index in [4.69, 9.17) is 4.74 Å². The number of amides is 1. The van der Waals surface area contributed by atoms with Crippen molar-refractivity contribution < 1.29 is 9.53 Å². The van der Waals surface area contributed by atoms with E-state index in [9.17, 15) is 4.79 Å². The van der Waals surface area contributed by atoms with Crippen LogP contribution in [0.25, 0.3) is 0 Å². The Balaban J connectivity index is 4.09. The SMILES string of the molecule is COCCN(CC(C)C)C(=O)CCC(C)C. The molecule has 0 heterocycles. The molecule has 0 rings (SSSR count). The van der Waals surface area contributed by atoms with Gasteiger partial charge in [0, 0.05) is 26.6 Å². The van der Waals surface area contributed by atoms with Gasteiger partial charge in [-0.1, -0.05) is 27.7 Å². The van der Waals surface area contributed by atoms with Crippen LogP contribution in [0.2, 0.25) is 0 Å². The van der Waals surface area contributed by atoms with Crippen molar-refractivity contribution >= 4 is 5.91 Å². The monoisotopic (exact) mass is 229 g/mol. The van der Waals surface area contributed by atoms with Crippen LogP contribution >= 0.6 is 0 Å². The van der Waals surface area contributed by atoms with Crippen molar-refractivity contribution in [3.05, 3.63) is 0 Å². The van der Waals surface area contributed by atoms with Crippen molar-refractivity contribution in [1.29, 1.82) is 0 Å². The summed E-state index contributed by atoms with van der Waals surface area (Å²) in [6.07, 6.45) is 1.63. The first kappa shape index (κ1) is 15.4. The molecule has 0 aromatic rings. The van der Waals surface area contributed by atoms with Crippen LogP contribution in [0.5, 0.6) is 0 Å². The number of nitrogens with zero attached hydrogens (tertiary/aromatic N) is 1. The normalized spacial score (nSPS) is 11.2. The molecule has 1 amide bonds. The zero-order valence-corrected chi connectivity index (χ0v) is 11.5. The number of rotatable bonds is 8. The molecule has 0 unspecified atom stereocenters. The van der Waals surface area contributed by atoms with Crippen molar-refractivity contribution in [2.24, 2.45) is 11.8 Å². The number of carbonyl (C=O) groups excluding carboxylic acids is 1. The summed E-state index contributed by atoms with van der Waals surface area (Å²) in [4.78, 5) is 13.9. The molecular formula is C13H27NO2. The van der Waals surface area contributed by atoms with Gasteiger partial charge in [-0.05, 0) is 18.3 Å². The largest absolute Gasteiger partial charge is 0.383 e. The van der Waals surface area contributed by atoms with Gasteiger partial charge in [-0.15, -0.1) is 0 Å². The van der Waals surface area contributed by atoms with E-state index in [1.165, 1.54) is 0 Å². The van der Waals surface area contributed by atoms with E-state index in [2.05, 4.69) is 27.7 Å². The zero-order valence-electron chi connectivity index (χ0n) is 11.5. The average molecular weight is 229 g/mol. The van der Waals surface area contributed by atoms with Gasteiger partial charge in [-0.3, -0.25) is 4.79 Å². The fourth-order valence-electron chi connectivity index (χ4n) is 1.53. The predicted molar refractivity (Wildman–Crippen MR) is 67.4 cm³/mol. The van der Waals surface area contributed by atoms with Gasteiger partial charge in [0.15, 0.2) is 0 Å². The van der Waals surface area contributed by atoms with Gasteiger partial charge in [0.05, 0.1) is 6.61 Å². The second kappa shape index (κ2) is 8.57. The summed E-state index contributed by atoms with van der Waals surface area (Å²) in [6.45, 7) is 10.7. The van der Waals surface area contributed by atoms with Crippen molar-refractivity contribution in [1.82, 2.24) is 4.90 Å².